The molecule has 0 aliphatic carbocycles. The van der Waals surface area contributed by atoms with Crippen molar-refractivity contribution in [2.45, 2.75) is 39.7 Å². The molecule has 0 saturated heterocycles. The molecular formula is C24H25NO2. The molecule has 0 spiro atoms. The van der Waals surface area contributed by atoms with E-state index in [4.69, 9.17) is 0 Å². The molecule has 0 radical (unpaired) electrons. The fraction of sp³-hybridized carbons (Fsp3) is 0.250. The Bertz CT molecular complexity index is 870. The summed E-state index contributed by atoms with van der Waals surface area (Å²) in [6.45, 7) is 6.24. The molecule has 138 valence electrons. The number of hydrogen-bond acceptors (Lipinski definition) is 2. The molecule has 0 bridgehead atoms. The fourth-order valence-electron chi connectivity index (χ4n) is 3.37. The Morgan fingerprint density at radius 1 is 0.889 bits per heavy atom. The predicted molar refractivity (Wildman–Crippen MR) is 109 cm³/mol. The summed E-state index contributed by atoms with van der Waals surface area (Å²) in [4.78, 5) is 27.3. The second kappa shape index (κ2) is 8.17. The monoisotopic (exact) mass is 359 g/mol. The summed E-state index contributed by atoms with van der Waals surface area (Å²) in [5.74, 6) is -0.449. The highest BCUT2D eigenvalue weighted by atomic mass is 16.2. The molecular weight excluding hydrogens is 334 g/mol. The fourth-order valence-corrected chi connectivity index (χ4v) is 3.37. The molecule has 0 saturated carbocycles. The highest BCUT2D eigenvalue weighted by molar-refractivity contribution is 6.21. The Labute approximate surface area is 161 Å². The number of amides is 2. The minimum Gasteiger partial charge on any atom is -0.269 e. The number of allylic oxidation sites excluding steroid dienone is 3. The van der Waals surface area contributed by atoms with Gasteiger partial charge in [-0.2, -0.15) is 0 Å². The molecule has 2 aromatic rings. The van der Waals surface area contributed by atoms with E-state index >= 15 is 0 Å². The van der Waals surface area contributed by atoms with E-state index in [2.05, 4.69) is 32.9 Å². The Hall–Kier alpha value is -2.94. The van der Waals surface area contributed by atoms with Crippen LogP contribution >= 0.6 is 0 Å². The van der Waals surface area contributed by atoms with Crippen LogP contribution in [0, 0.1) is 0 Å². The molecule has 3 heteroatoms. The van der Waals surface area contributed by atoms with Crippen molar-refractivity contribution < 1.29 is 9.59 Å². The van der Waals surface area contributed by atoms with E-state index in [-0.39, 0.29) is 11.8 Å². The van der Waals surface area contributed by atoms with Crippen LogP contribution in [0.2, 0.25) is 0 Å². The van der Waals surface area contributed by atoms with Gasteiger partial charge in [-0.3, -0.25) is 14.5 Å². The van der Waals surface area contributed by atoms with E-state index < -0.39 is 6.04 Å². The zero-order valence-corrected chi connectivity index (χ0v) is 16.1. The molecule has 3 nitrogen and oxygen atoms in total. The third-order valence-corrected chi connectivity index (χ3v) is 4.78. The third kappa shape index (κ3) is 4.08. The minimum absolute atomic E-state index is 0.224. The topological polar surface area (TPSA) is 37.4 Å². The third-order valence-electron chi connectivity index (χ3n) is 4.78. The van der Waals surface area contributed by atoms with Gasteiger partial charge in [-0.1, -0.05) is 65.8 Å². The van der Waals surface area contributed by atoms with Gasteiger partial charge < -0.3 is 0 Å². The van der Waals surface area contributed by atoms with Crippen molar-refractivity contribution in [3.8, 4) is 0 Å². The average Bonchev–Trinajstić information content (AvgIpc) is 2.91. The van der Waals surface area contributed by atoms with E-state index in [0.717, 1.165) is 24.0 Å². The van der Waals surface area contributed by atoms with Crippen LogP contribution in [0.4, 0.5) is 0 Å². The average molecular weight is 359 g/mol. The van der Waals surface area contributed by atoms with Crippen LogP contribution in [0.15, 0.2) is 77.9 Å². The molecule has 0 N–H and O–H groups in total. The maximum atomic E-state index is 13.0. The van der Waals surface area contributed by atoms with Gasteiger partial charge in [-0.15, -0.1) is 0 Å². The van der Waals surface area contributed by atoms with Crippen molar-refractivity contribution in [2.75, 3.05) is 0 Å². The van der Waals surface area contributed by atoms with Crippen molar-refractivity contribution in [3.63, 3.8) is 0 Å². The van der Waals surface area contributed by atoms with Gasteiger partial charge in [0.15, 0.2) is 0 Å². The molecule has 1 aliphatic heterocycles. The molecule has 0 fully saturated rings. The van der Waals surface area contributed by atoms with Gasteiger partial charge in [0.25, 0.3) is 11.8 Å². The highest BCUT2D eigenvalue weighted by Crippen LogP contribution is 2.33. The normalized spacial score (nSPS) is 14.9. The molecule has 2 aromatic carbocycles. The van der Waals surface area contributed by atoms with E-state index in [1.165, 1.54) is 10.5 Å². The van der Waals surface area contributed by atoms with Gasteiger partial charge in [0.2, 0.25) is 0 Å². The van der Waals surface area contributed by atoms with Crippen LogP contribution in [-0.4, -0.2) is 16.7 Å². The van der Waals surface area contributed by atoms with Gasteiger partial charge in [-0.25, -0.2) is 0 Å². The van der Waals surface area contributed by atoms with E-state index in [1.807, 2.05) is 30.3 Å². The van der Waals surface area contributed by atoms with Crippen molar-refractivity contribution >= 4 is 11.8 Å². The number of rotatable bonds is 6. The highest BCUT2D eigenvalue weighted by Gasteiger charge is 2.39. The first-order valence-electron chi connectivity index (χ1n) is 9.31. The summed E-state index contributed by atoms with van der Waals surface area (Å²) in [6.07, 6.45) is 6.11. The molecule has 2 amide bonds. The Balaban J connectivity index is 1.96. The number of carbonyl (C=O) groups is 2. The molecule has 27 heavy (non-hydrogen) atoms. The lowest BCUT2D eigenvalue weighted by molar-refractivity contribution is 0.0613. The van der Waals surface area contributed by atoms with Gasteiger partial charge in [-0.05, 0) is 51.3 Å². The number of imide groups is 1. The Morgan fingerprint density at radius 3 is 2.00 bits per heavy atom. The van der Waals surface area contributed by atoms with Gasteiger partial charge in [0.05, 0.1) is 17.2 Å². The zero-order valence-electron chi connectivity index (χ0n) is 16.1. The van der Waals surface area contributed by atoms with Crippen LogP contribution in [0.25, 0.3) is 0 Å². The quantitative estimate of drug-likeness (QED) is 0.489. The standard InChI is InChI=1S/C24H25NO2/c1-17(2)10-9-11-18(3)16-22(19-12-5-4-6-13-19)25-23(26)20-14-7-8-15-21(20)24(25)27/h4-8,10,12-16,22H,9,11H2,1-3H3/b18-16+. The maximum absolute atomic E-state index is 13.0. The maximum Gasteiger partial charge on any atom is 0.262 e. The van der Waals surface area contributed by atoms with Crippen LogP contribution in [0.3, 0.4) is 0 Å². The zero-order chi connectivity index (χ0) is 19.4. The molecule has 3 rings (SSSR count). The van der Waals surface area contributed by atoms with Crippen LogP contribution in [0.5, 0.6) is 0 Å². The van der Waals surface area contributed by atoms with E-state index in [1.54, 1.807) is 24.3 Å². The lowest BCUT2D eigenvalue weighted by Crippen LogP contribution is -2.33. The molecule has 1 atom stereocenters. The van der Waals surface area contributed by atoms with Gasteiger partial charge in [0, 0.05) is 0 Å². The van der Waals surface area contributed by atoms with E-state index in [0.29, 0.717) is 11.1 Å². The first-order valence-corrected chi connectivity index (χ1v) is 9.31. The van der Waals surface area contributed by atoms with Crippen molar-refractivity contribution in [3.05, 3.63) is 94.6 Å². The number of benzene rings is 2. The summed E-state index contributed by atoms with van der Waals surface area (Å²) >= 11 is 0. The molecule has 0 aromatic heterocycles. The Kier molecular flexibility index (Phi) is 5.70. The second-order valence-electron chi connectivity index (χ2n) is 7.21. The van der Waals surface area contributed by atoms with E-state index in [9.17, 15) is 9.59 Å². The SMILES string of the molecule is CC(C)=CCC/C(C)=C/C(c1ccccc1)N1C(=O)c2ccccc2C1=O. The van der Waals surface area contributed by atoms with Crippen LogP contribution in [-0.2, 0) is 0 Å². The summed E-state index contributed by atoms with van der Waals surface area (Å²) in [7, 11) is 0. The summed E-state index contributed by atoms with van der Waals surface area (Å²) in [5.41, 5.74) is 4.37. The summed E-state index contributed by atoms with van der Waals surface area (Å²) in [5, 5.41) is 0. The molecule has 1 aliphatic rings. The number of carbonyl (C=O) groups excluding carboxylic acids is 2. The van der Waals surface area contributed by atoms with Gasteiger partial charge >= 0.3 is 0 Å². The molecule has 1 heterocycles. The summed E-state index contributed by atoms with van der Waals surface area (Å²) < 4.78 is 0. The lowest BCUT2D eigenvalue weighted by atomic mass is 10.0. The number of fused-ring (bicyclic) bond motifs is 1. The first-order chi connectivity index (χ1) is 13.0. The number of nitrogens with zero attached hydrogens (tertiary/aromatic N) is 1. The Morgan fingerprint density at radius 2 is 1.44 bits per heavy atom. The largest absolute Gasteiger partial charge is 0.269 e. The smallest absolute Gasteiger partial charge is 0.262 e. The van der Waals surface area contributed by atoms with Crippen molar-refractivity contribution in [1.82, 2.24) is 4.90 Å². The lowest BCUT2D eigenvalue weighted by Gasteiger charge is -2.25. The first kappa shape index (κ1) is 18.8. The van der Waals surface area contributed by atoms with Gasteiger partial charge in [0.1, 0.15) is 0 Å². The minimum atomic E-state index is -0.398. The predicted octanol–water partition coefficient (Wildman–Crippen LogP) is 5.72. The second-order valence-corrected chi connectivity index (χ2v) is 7.21. The molecule has 1 unspecified atom stereocenters. The van der Waals surface area contributed by atoms with Crippen molar-refractivity contribution in [2.24, 2.45) is 0 Å². The number of hydrogen-bond donors (Lipinski definition) is 0. The van der Waals surface area contributed by atoms with Crippen LogP contribution < -0.4 is 0 Å². The summed E-state index contributed by atoms with van der Waals surface area (Å²) in [6, 6.07) is 16.4. The van der Waals surface area contributed by atoms with Crippen molar-refractivity contribution in [1.29, 1.82) is 0 Å². The van der Waals surface area contributed by atoms with Crippen LogP contribution in [0.1, 0.15) is 65.9 Å².